The van der Waals surface area contributed by atoms with E-state index in [9.17, 15) is 14.4 Å². The van der Waals surface area contributed by atoms with E-state index in [1.165, 1.54) is 0 Å². The molecule has 8 nitrogen and oxygen atoms in total. The summed E-state index contributed by atoms with van der Waals surface area (Å²) >= 11 is 0. The minimum Gasteiger partial charge on any atom is -0.343 e. The molecule has 0 aliphatic carbocycles. The van der Waals surface area contributed by atoms with Gasteiger partial charge in [0.2, 0.25) is 11.8 Å². The van der Waals surface area contributed by atoms with Gasteiger partial charge >= 0.3 is 0 Å². The second-order valence-electron chi connectivity index (χ2n) is 13.1. The summed E-state index contributed by atoms with van der Waals surface area (Å²) in [5.41, 5.74) is 5.90. The van der Waals surface area contributed by atoms with Gasteiger partial charge < -0.3 is 14.8 Å². The summed E-state index contributed by atoms with van der Waals surface area (Å²) in [5.74, 6) is -0.219. The Kier molecular flexibility index (Phi) is 6.96. The number of pyridine rings is 1. The van der Waals surface area contributed by atoms with Gasteiger partial charge in [-0.05, 0) is 71.7 Å². The van der Waals surface area contributed by atoms with E-state index in [0.29, 0.717) is 32.6 Å². The Morgan fingerprint density at radius 2 is 1.85 bits per heavy atom. The zero-order chi connectivity index (χ0) is 28.9. The van der Waals surface area contributed by atoms with Gasteiger partial charge in [0.15, 0.2) is 0 Å². The number of aromatic nitrogens is 3. The van der Waals surface area contributed by atoms with Gasteiger partial charge in [-0.1, -0.05) is 45.0 Å². The summed E-state index contributed by atoms with van der Waals surface area (Å²) < 4.78 is 0. The average molecular weight is 554 g/mol. The van der Waals surface area contributed by atoms with Gasteiger partial charge in [0, 0.05) is 49.1 Å². The van der Waals surface area contributed by atoms with E-state index < -0.39 is 5.92 Å². The van der Waals surface area contributed by atoms with Crippen LogP contribution in [0.2, 0.25) is 0 Å². The minimum atomic E-state index is -0.407. The second kappa shape index (κ2) is 10.5. The first-order valence-corrected chi connectivity index (χ1v) is 14.7. The quantitative estimate of drug-likeness (QED) is 0.369. The lowest BCUT2D eigenvalue weighted by molar-refractivity contribution is -0.142. The van der Waals surface area contributed by atoms with E-state index in [1.54, 1.807) is 0 Å². The number of fused-ring (bicyclic) bond motifs is 4. The number of amides is 2. The number of likely N-dealkylation sites (tertiary alicyclic amines) is 1. The number of aromatic amines is 2. The highest BCUT2D eigenvalue weighted by atomic mass is 16.2. The molecule has 4 heterocycles. The predicted octanol–water partition coefficient (Wildman–Crippen LogP) is 5.06. The number of hydrogen-bond acceptors (Lipinski definition) is 4. The van der Waals surface area contributed by atoms with E-state index in [2.05, 4.69) is 48.9 Å². The number of carbonyl (C=O) groups excluding carboxylic acids is 2. The monoisotopic (exact) mass is 553 g/mol. The van der Waals surface area contributed by atoms with Gasteiger partial charge in [0.1, 0.15) is 0 Å². The highest BCUT2D eigenvalue weighted by Crippen LogP contribution is 2.34. The molecule has 1 saturated heterocycles. The Balaban J connectivity index is 1.20. The first-order chi connectivity index (χ1) is 19.6. The Hall–Kier alpha value is -3.94. The van der Waals surface area contributed by atoms with Crippen molar-refractivity contribution in [3.8, 4) is 0 Å². The van der Waals surface area contributed by atoms with Crippen LogP contribution in [0.1, 0.15) is 68.2 Å². The van der Waals surface area contributed by atoms with Crippen LogP contribution in [0, 0.1) is 18.3 Å². The van der Waals surface area contributed by atoms with E-state index in [1.807, 2.05) is 46.3 Å². The number of benzene rings is 2. The van der Waals surface area contributed by atoms with Crippen LogP contribution in [0.4, 0.5) is 0 Å². The van der Waals surface area contributed by atoms with Crippen molar-refractivity contribution < 1.29 is 9.59 Å². The number of H-pyrrole nitrogens is 2. The maximum atomic E-state index is 13.9. The lowest BCUT2D eigenvalue weighted by atomic mass is 9.88. The van der Waals surface area contributed by atoms with Crippen molar-refractivity contribution >= 4 is 33.6 Å². The van der Waals surface area contributed by atoms with Crippen LogP contribution in [-0.4, -0.2) is 56.4 Å². The fourth-order valence-corrected chi connectivity index (χ4v) is 6.77. The summed E-state index contributed by atoms with van der Waals surface area (Å²) in [4.78, 5) is 47.2. The first kappa shape index (κ1) is 27.2. The van der Waals surface area contributed by atoms with Crippen molar-refractivity contribution in [3.05, 3.63) is 75.2 Å². The minimum absolute atomic E-state index is 0.0227. The van der Waals surface area contributed by atoms with Crippen molar-refractivity contribution in [1.82, 2.24) is 25.0 Å². The second-order valence-corrected chi connectivity index (χ2v) is 13.1. The average Bonchev–Trinajstić information content (AvgIpc) is 3.39. The lowest BCUT2D eigenvalue weighted by Crippen LogP contribution is -2.43. The SMILES string of the molecule is Cc1cc2c(c3cn[nH]c13)CN(CC(C)(C)C)C(=O)C(CC(=O)N1CCC(c3cc4ccccc4[nH]c3=O)CC1)C2. The van der Waals surface area contributed by atoms with Crippen LogP contribution < -0.4 is 5.56 Å². The molecule has 0 saturated carbocycles. The number of piperidine rings is 1. The molecule has 1 fully saturated rings. The van der Waals surface area contributed by atoms with Crippen molar-refractivity contribution in [2.45, 2.75) is 65.8 Å². The van der Waals surface area contributed by atoms with Crippen molar-refractivity contribution in [2.24, 2.45) is 11.3 Å². The molecule has 2 aromatic carbocycles. The normalized spacial score (nSPS) is 18.6. The van der Waals surface area contributed by atoms with Gasteiger partial charge in [0.25, 0.3) is 5.56 Å². The molecule has 6 rings (SSSR count). The maximum absolute atomic E-state index is 13.9. The summed E-state index contributed by atoms with van der Waals surface area (Å²) in [5, 5.41) is 9.48. The number of nitrogens with zero attached hydrogens (tertiary/aromatic N) is 3. The lowest BCUT2D eigenvalue weighted by Gasteiger charge is -2.34. The molecule has 214 valence electrons. The van der Waals surface area contributed by atoms with Crippen LogP contribution in [0.3, 0.4) is 0 Å². The van der Waals surface area contributed by atoms with E-state index >= 15 is 0 Å². The van der Waals surface area contributed by atoms with Gasteiger partial charge in [-0.15, -0.1) is 0 Å². The smallest absolute Gasteiger partial charge is 0.251 e. The van der Waals surface area contributed by atoms with E-state index in [0.717, 1.165) is 56.9 Å². The molecular formula is C33H39N5O3. The van der Waals surface area contributed by atoms with Crippen LogP contribution in [0.5, 0.6) is 0 Å². The number of carbonyl (C=O) groups is 2. The van der Waals surface area contributed by atoms with E-state index in [4.69, 9.17) is 0 Å². The first-order valence-electron chi connectivity index (χ1n) is 14.7. The summed E-state index contributed by atoms with van der Waals surface area (Å²) in [6.45, 7) is 10.8. The number of aryl methyl sites for hydroxylation is 1. The molecule has 2 amide bonds. The van der Waals surface area contributed by atoms with Crippen LogP contribution >= 0.6 is 0 Å². The molecule has 1 unspecified atom stereocenters. The highest BCUT2D eigenvalue weighted by molar-refractivity contribution is 5.90. The Labute approximate surface area is 240 Å². The summed E-state index contributed by atoms with van der Waals surface area (Å²) in [6, 6.07) is 12.0. The summed E-state index contributed by atoms with van der Waals surface area (Å²) in [6.07, 6.45) is 4.08. The number of rotatable bonds is 4. The molecule has 0 bridgehead atoms. The number of nitrogens with one attached hydrogen (secondary N) is 2. The molecule has 0 radical (unpaired) electrons. The van der Waals surface area contributed by atoms with Gasteiger partial charge in [-0.25, -0.2) is 0 Å². The van der Waals surface area contributed by atoms with Gasteiger partial charge in [0.05, 0.1) is 17.6 Å². The Bertz CT molecular complexity index is 1690. The standard InChI is InChI=1S/C33H39N5O3/c1-20-13-23-14-24(32(41)38(19-33(2,3)4)18-27(23)26-17-34-36-30(20)26)16-29(39)37-11-9-21(10-12-37)25-15-22-7-5-6-8-28(22)35-31(25)40/h5-8,13,15,17,21,24H,9-12,14,16,18-19H2,1-4H3,(H,34,36)(H,35,40). The zero-order valence-electron chi connectivity index (χ0n) is 24.4. The molecule has 2 N–H and O–H groups in total. The third kappa shape index (κ3) is 5.39. The predicted molar refractivity (Wildman–Crippen MR) is 161 cm³/mol. The Morgan fingerprint density at radius 1 is 1.10 bits per heavy atom. The number of hydrogen-bond donors (Lipinski definition) is 2. The van der Waals surface area contributed by atoms with Crippen molar-refractivity contribution in [1.29, 1.82) is 0 Å². The topological polar surface area (TPSA) is 102 Å². The third-order valence-electron chi connectivity index (χ3n) is 8.77. The zero-order valence-corrected chi connectivity index (χ0v) is 24.4. The van der Waals surface area contributed by atoms with Gasteiger partial charge in [-0.2, -0.15) is 5.10 Å². The molecule has 4 aromatic rings. The van der Waals surface area contributed by atoms with Crippen LogP contribution in [0.25, 0.3) is 21.8 Å². The Morgan fingerprint density at radius 3 is 2.61 bits per heavy atom. The molecule has 1 atom stereocenters. The molecule has 2 aromatic heterocycles. The maximum Gasteiger partial charge on any atom is 0.251 e. The number of para-hydroxylation sites is 1. The fourth-order valence-electron chi connectivity index (χ4n) is 6.77. The van der Waals surface area contributed by atoms with E-state index in [-0.39, 0.29) is 35.1 Å². The fraction of sp³-hybridized carbons (Fsp3) is 0.455. The summed E-state index contributed by atoms with van der Waals surface area (Å²) in [7, 11) is 0. The van der Waals surface area contributed by atoms with Crippen LogP contribution in [-0.2, 0) is 22.6 Å². The highest BCUT2D eigenvalue weighted by Gasteiger charge is 2.36. The molecule has 0 spiro atoms. The molecule has 2 aliphatic heterocycles. The van der Waals surface area contributed by atoms with Crippen molar-refractivity contribution in [3.63, 3.8) is 0 Å². The molecule has 41 heavy (non-hydrogen) atoms. The largest absolute Gasteiger partial charge is 0.343 e. The van der Waals surface area contributed by atoms with Gasteiger partial charge in [-0.3, -0.25) is 19.5 Å². The van der Waals surface area contributed by atoms with Crippen LogP contribution in [0.15, 0.2) is 47.4 Å². The third-order valence-corrected chi connectivity index (χ3v) is 8.77. The molecule has 2 aliphatic rings. The van der Waals surface area contributed by atoms with Crippen molar-refractivity contribution in [2.75, 3.05) is 19.6 Å². The molecule has 8 heteroatoms. The molecular weight excluding hydrogens is 514 g/mol.